The first kappa shape index (κ1) is 19.6. The van der Waals surface area contributed by atoms with E-state index < -0.39 is 0 Å². The van der Waals surface area contributed by atoms with Crippen LogP contribution in [0.5, 0.6) is 0 Å². The van der Waals surface area contributed by atoms with Crippen molar-refractivity contribution >= 4 is 17.7 Å². The average molecular weight is 375 g/mol. The van der Waals surface area contributed by atoms with Crippen molar-refractivity contribution in [3.05, 3.63) is 23.9 Å². The number of ether oxygens (including phenoxy) is 2. The van der Waals surface area contributed by atoms with Crippen LogP contribution in [0.1, 0.15) is 25.0 Å². The second-order valence-electron chi connectivity index (χ2n) is 6.84. The molecule has 3 heterocycles. The van der Waals surface area contributed by atoms with Gasteiger partial charge in [-0.3, -0.25) is 9.79 Å². The molecule has 2 aliphatic heterocycles. The van der Waals surface area contributed by atoms with Crippen molar-refractivity contribution in [1.29, 1.82) is 0 Å². The normalized spacial score (nSPS) is 23.3. The van der Waals surface area contributed by atoms with Gasteiger partial charge in [0.2, 0.25) is 5.91 Å². The molecule has 0 spiro atoms. The highest BCUT2D eigenvalue weighted by Crippen LogP contribution is 2.21. The lowest BCUT2D eigenvalue weighted by Crippen LogP contribution is -2.53. The van der Waals surface area contributed by atoms with Gasteiger partial charge in [0.15, 0.2) is 5.96 Å². The van der Waals surface area contributed by atoms with E-state index in [1.54, 1.807) is 13.1 Å². The quantitative estimate of drug-likeness (QED) is 0.593. The topological polar surface area (TPSA) is 88.1 Å². The van der Waals surface area contributed by atoms with Crippen LogP contribution >= 0.6 is 0 Å². The van der Waals surface area contributed by atoms with Gasteiger partial charge >= 0.3 is 0 Å². The van der Waals surface area contributed by atoms with Crippen LogP contribution in [0.2, 0.25) is 0 Å². The first-order chi connectivity index (χ1) is 13.2. The van der Waals surface area contributed by atoms with Crippen LogP contribution in [-0.4, -0.2) is 73.9 Å². The summed E-state index contributed by atoms with van der Waals surface area (Å²) in [4.78, 5) is 22.9. The van der Waals surface area contributed by atoms with Crippen LogP contribution in [0.3, 0.4) is 0 Å². The fourth-order valence-electron chi connectivity index (χ4n) is 3.43. The highest BCUT2D eigenvalue weighted by atomic mass is 16.5. The number of aliphatic imine (C=N–C) groups is 1. The molecule has 0 aromatic carbocycles. The molecule has 0 saturated carbocycles. The van der Waals surface area contributed by atoms with Gasteiger partial charge in [-0.05, 0) is 31.9 Å². The average Bonchev–Trinajstić information content (AvgIpc) is 3.20. The smallest absolute Gasteiger partial charge is 0.227 e. The predicted molar refractivity (Wildman–Crippen MR) is 104 cm³/mol. The van der Waals surface area contributed by atoms with Crippen LogP contribution in [0.15, 0.2) is 23.2 Å². The summed E-state index contributed by atoms with van der Waals surface area (Å²) in [5, 5.41) is 6.09. The molecule has 8 nitrogen and oxygen atoms in total. The van der Waals surface area contributed by atoms with Crippen molar-refractivity contribution in [2.24, 2.45) is 4.99 Å². The molecule has 2 aliphatic rings. The van der Waals surface area contributed by atoms with E-state index in [0.29, 0.717) is 25.4 Å². The molecule has 1 aromatic heterocycles. The van der Waals surface area contributed by atoms with Crippen molar-refractivity contribution in [1.82, 2.24) is 15.2 Å². The van der Waals surface area contributed by atoms with Crippen molar-refractivity contribution in [3.63, 3.8) is 0 Å². The van der Waals surface area contributed by atoms with E-state index in [4.69, 9.17) is 9.47 Å². The second-order valence-corrected chi connectivity index (χ2v) is 6.84. The van der Waals surface area contributed by atoms with Gasteiger partial charge in [-0.2, -0.15) is 0 Å². The van der Waals surface area contributed by atoms with Crippen molar-refractivity contribution in [2.75, 3.05) is 45.2 Å². The maximum atomic E-state index is 12.1. The molecule has 2 atom stereocenters. The zero-order chi connectivity index (χ0) is 19.1. The Morgan fingerprint density at radius 2 is 2.19 bits per heavy atom. The van der Waals surface area contributed by atoms with Gasteiger partial charge in [-0.25, -0.2) is 4.98 Å². The third-order valence-electron chi connectivity index (χ3n) is 4.78. The number of nitrogens with one attached hydrogen (secondary N) is 2. The molecule has 1 aromatic rings. The number of rotatable bonds is 5. The maximum Gasteiger partial charge on any atom is 0.227 e. The molecule has 1 amide bonds. The van der Waals surface area contributed by atoms with Gasteiger partial charge in [0, 0.05) is 45.4 Å². The lowest BCUT2D eigenvalue weighted by atomic mass is 10.1. The standard InChI is InChI=1S/C19H29N5O3/c1-14-5-3-7-17(22-14)23-18(25)8-9-21-19(20-2)24-10-12-27-16(13-24)15-6-4-11-26-15/h3,5,7,15-16H,4,6,8-13H2,1-2H3,(H,20,21)(H,22,23,25). The van der Waals surface area contributed by atoms with Gasteiger partial charge in [-0.15, -0.1) is 0 Å². The van der Waals surface area contributed by atoms with Crippen molar-refractivity contribution in [3.8, 4) is 0 Å². The van der Waals surface area contributed by atoms with E-state index in [0.717, 1.165) is 44.2 Å². The molecule has 2 fully saturated rings. The summed E-state index contributed by atoms with van der Waals surface area (Å²) in [7, 11) is 1.76. The number of amides is 1. The van der Waals surface area contributed by atoms with Gasteiger partial charge in [0.25, 0.3) is 0 Å². The SMILES string of the molecule is CN=C(NCCC(=O)Nc1cccc(C)n1)N1CCOC(C2CCCO2)C1. The summed E-state index contributed by atoms with van der Waals surface area (Å²) in [6, 6.07) is 5.56. The Morgan fingerprint density at radius 3 is 2.93 bits per heavy atom. The van der Waals surface area contributed by atoms with Crippen molar-refractivity contribution in [2.45, 2.75) is 38.4 Å². The molecule has 148 valence electrons. The number of hydrogen-bond acceptors (Lipinski definition) is 5. The Hall–Kier alpha value is -2.19. The molecule has 2 N–H and O–H groups in total. The van der Waals surface area contributed by atoms with Gasteiger partial charge in [0.05, 0.1) is 12.7 Å². The van der Waals surface area contributed by atoms with E-state index in [2.05, 4.69) is 25.5 Å². The van der Waals surface area contributed by atoms with Crippen LogP contribution in [0, 0.1) is 6.92 Å². The summed E-state index contributed by atoms with van der Waals surface area (Å²) in [6.07, 6.45) is 2.75. The second kappa shape index (κ2) is 9.66. The zero-order valence-electron chi connectivity index (χ0n) is 16.1. The molecule has 0 bridgehead atoms. The highest BCUT2D eigenvalue weighted by molar-refractivity contribution is 5.90. The van der Waals surface area contributed by atoms with E-state index in [1.807, 2.05) is 19.1 Å². The number of morpholine rings is 1. The molecule has 0 aliphatic carbocycles. The first-order valence-electron chi connectivity index (χ1n) is 9.58. The summed E-state index contributed by atoms with van der Waals surface area (Å²) < 4.78 is 11.6. The van der Waals surface area contributed by atoms with Crippen LogP contribution in [-0.2, 0) is 14.3 Å². The fourth-order valence-corrected chi connectivity index (χ4v) is 3.43. The monoisotopic (exact) mass is 375 g/mol. The number of carbonyl (C=O) groups is 1. The Kier molecular flexibility index (Phi) is 7.00. The molecular formula is C19H29N5O3. The molecular weight excluding hydrogens is 346 g/mol. The largest absolute Gasteiger partial charge is 0.375 e. The third kappa shape index (κ3) is 5.64. The molecule has 8 heteroatoms. The van der Waals surface area contributed by atoms with Crippen molar-refractivity contribution < 1.29 is 14.3 Å². The molecule has 0 radical (unpaired) electrons. The number of hydrogen-bond donors (Lipinski definition) is 2. The first-order valence-corrected chi connectivity index (χ1v) is 9.58. The lowest BCUT2D eigenvalue weighted by molar-refractivity contribution is -0.116. The minimum absolute atomic E-state index is 0.0738. The number of guanidine groups is 1. The number of aromatic nitrogens is 1. The maximum absolute atomic E-state index is 12.1. The summed E-state index contributed by atoms with van der Waals surface area (Å²) in [5.41, 5.74) is 0.874. The summed E-state index contributed by atoms with van der Waals surface area (Å²) >= 11 is 0. The van der Waals surface area contributed by atoms with E-state index >= 15 is 0 Å². The summed E-state index contributed by atoms with van der Waals surface area (Å²) in [6.45, 7) is 5.42. The molecule has 2 saturated heterocycles. The number of pyridine rings is 1. The van der Waals surface area contributed by atoms with E-state index in [9.17, 15) is 4.79 Å². The van der Waals surface area contributed by atoms with Crippen LogP contribution in [0.25, 0.3) is 0 Å². The molecule has 27 heavy (non-hydrogen) atoms. The summed E-state index contributed by atoms with van der Waals surface area (Å²) in [5.74, 6) is 1.30. The van der Waals surface area contributed by atoms with Crippen LogP contribution < -0.4 is 10.6 Å². The molecule has 3 rings (SSSR count). The van der Waals surface area contributed by atoms with Gasteiger partial charge in [0.1, 0.15) is 11.9 Å². The number of nitrogens with zero attached hydrogens (tertiary/aromatic N) is 3. The third-order valence-corrected chi connectivity index (χ3v) is 4.78. The highest BCUT2D eigenvalue weighted by Gasteiger charge is 2.32. The Morgan fingerprint density at radius 1 is 1.33 bits per heavy atom. The van der Waals surface area contributed by atoms with E-state index in [-0.39, 0.29) is 18.1 Å². The Bertz CT molecular complexity index is 661. The zero-order valence-corrected chi connectivity index (χ0v) is 16.1. The van der Waals surface area contributed by atoms with Crippen LogP contribution in [0.4, 0.5) is 5.82 Å². The van der Waals surface area contributed by atoms with Gasteiger partial charge in [-0.1, -0.05) is 6.07 Å². The Labute approximate surface area is 160 Å². The lowest BCUT2D eigenvalue weighted by Gasteiger charge is -2.37. The fraction of sp³-hybridized carbons (Fsp3) is 0.632. The number of anilines is 1. The Balaban J connectivity index is 1.43. The number of carbonyl (C=O) groups excluding carboxylic acids is 1. The number of aryl methyl sites for hydroxylation is 1. The minimum atomic E-state index is -0.0738. The van der Waals surface area contributed by atoms with E-state index in [1.165, 1.54) is 0 Å². The molecule has 2 unspecified atom stereocenters. The predicted octanol–water partition coefficient (Wildman–Crippen LogP) is 1.17. The minimum Gasteiger partial charge on any atom is -0.375 e. The van der Waals surface area contributed by atoms with Gasteiger partial charge < -0.3 is 25.0 Å².